The van der Waals surface area contributed by atoms with Gasteiger partial charge in [-0.25, -0.2) is 4.98 Å². The Morgan fingerprint density at radius 2 is 1.89 bits per heavy atom. The van der Waals surface area contributed by atoms with Gasteiger partial charge in [0.25, 0.3) is 0 Å². The molecule has 0 radical (unpaired) electrons. The van der Waals surface area contributed by atoms with Crippen molar-refractivity contribution in [1.29, 1.82) is 0 Å². The number of aromatic nitrogens is 5. The maximum Gasteiger partial charge on any atom is 0.138 e. The van der Waals surface area contributed by atoms with Gasteiger partial charge in [-0.05, 0) is 5.56 Å². The van der Waals surface area contributed by atoms with Crippen LogP contribution in [0.1, 0.15) is 11.4 Å². The van der Waals surface area contributed by atoms with E-state index >= 15 is 0 Å². The molecule has 0 atom stereocenters. The monoisotopic (exact) mass is 254 g/mol. The highest BCUT2D eigenvalue weighted by atomic mass is 15.2. The molecule has 0 aliphatic carbocycles. The van der Waals surface area contributed by atoms with E-state index in [1.807, 2.05) is 24.4 Å². The summed E-state index contributed by atoms with van der Waals surface area (Å²) in [6.45, 7) is 1.38. The van der Waals surface area contributed by atoms with E-state index < -0.39 is 0 Å². The zero-order chi connectivity index (χ0) is 12.9. The van der Waals surface area contributed by atoms with Gasteiger partial charge >= 0.3 is 0 Å². The molecule has 2 heterocycles. The molecule has 6 nitrogen and oxygen atoms in total. The second-order valence-electron chi connectivity index (χ2n) is 4.17. The van der Waals surface area contributed by atoms with Gasteiger partial charge in [-0.2, -0.15) is 10.2 Å². The van der Waals surface area contributed by atoms with Gasteiger partial charge in [0, 0.05) is 12.1 Å². The zero-order valence-corrected chi connectivity index (χ0v) is 10.3. The molecule has 19 heavy (non-hydrogen) atoms. The Kier molecular flexibility index (Phi) is 3.33. The number of benzene rings is 1. The van der Waals surface area contributed by atoms with Crippen LogP contribution < -0.4 is 5.32 Å². The van der Waals surface area contributed by atoms with Gasteiger partial charge < -0.3 is 5.32 Å². The summed E-state index contributed by atoms with van der Waals surface area (Å²) < 4.78 is 0. The standard InChI is InChI=1S/C13H14N6/c1-2-4-10(5-3-1)13-11(7-16-19-13)6-14-8-12-15-9-17-18-12/h1-5,7,9,14H,6,8H2,(H,16,19)(H,15,17,18). The van der Waals surface area contributed by atoms with Crippen LogP contribution in [0.25, 0.3) is 11.3 Å². The van der Waals surface area contributed by atoms with Crippen LogP contribution in [-0.2, 0) is 13.1 Å². The summed E-state index contributed by atoms with van der Waals surface area (Å²) >= 11 is 0. The fourth-order valence-corrected chi connectivity index (χ4v) is 1.93. The van der Waals surface area contributed by atoms with E-state index in [0.29, 0.717) is 6.54 Å². The summed E-state index contributed by atoms with van der Waals surface area (Å²) in [6.07, 6.45) is 3.35. The average molecular weight is 254 g/mol. The number of hydrogen-bond acceptors (Lipinski definition) is 4. The third-order valence-electron chi connectivity index (χ3n) is 2.85. The normalized spacial score (nSPS) is 10.7. The smallest absolute Gasteiger partial charge is 0.138 e. The summed E-state index contributed by atoms with van der Waals surface area (Å²) in [5.41, 5.74) is 3.31. The molecule has 3 aromatic rings. The van der Waals surface area contributed by atoms with Gasteiger partial charge in [0.15, 0.2) is 0 Å². The number of nitrogens with one attached hydrogen (secondary N) is 3. The van der Waals surface area contributed by atoms with Crippen molar-refractivity contribution >= 4 is 0 Å². The van der Waals surface area contributed by atoms with Gasteiger partial charge in [-0.15, -0.1) is 0 Å². The first-order valence-corrected chi connectivity index (χ1v) is 6.06. The topological polar surface area (TPSA) is 82.3 Å². The molecule has 0 aliphatic rings. The van der Waals surface area contributed by atoms with Gasteiger partial charge in [-0.1, -0.05) is 30.3 Å². The van der Waals surface area contributed by atoms with E-state index in [4.69, 9.17) is 0 Å². The van der Waals surface area contributed by atoms with Crippen LogP contribution in [0.3, 0.4) is 0 Å². The third kappa shape index (κ3) is 2.69. The summed E-state index contributed by atoms with van der Waals surface area (Å²) in [6, 6.07) is 10.2. The Morgan fingerprint density at radius 1 is 1.00 bits per heavy atom. The first-order valence-electron chi connectivity index (χ1n) is 6.06. The van der Waals surface area contributed by atoms with Crippen LogP contribution in [0.5, 0.6) is 0 Å². The van der Waals surface area contributed by atoms with Crippen LogP contribution in [0.4, 0.5) is 0 Å². The minimum Gasteiger partial charge on any atom is -0.306 e. The predicted octanol–water partition coefficient (Wildman–Crippen LogP) is 1.48. The molecule has 0 bridgehead atoms. The number of rotatable bonds is 5. The van der Waals surface area contributed by atoms with E-state index in [1.54, 1.807) is 0 Å². The Hall–Kier alpha value is -2.47. The molecule has 1 aromatic carbocycles. The molecular formula is C13H14N6. The molecule has 0 saturated heterocycles. The summed E-state index contributed by atoms with van der Waals surface area (Å²) in [4.78, 5) is 4.06. The molecule has 0 fully saturated rings. The summed E-state index contributed by atoms with van der Waals surface area (Å²) in [7, 11) is 0. The molecule has 6 heteroatoms. The van der Waals surface area contributed by atoms with Crippen molar-refractivity contribution in [2.45, 2.75) is 13.1 Å². The highest BCUT2D eigenvalue weighted by molar-refractivity contribution is 5.62. The largest absolute Gasteiger partial charge is 0.306 e. The van der Waals surface area contributed by atoms with Crippen molar-refractivity contribution in [3.8, 4) is 11.3 Å². The molecule has 3 N–H and O–H groups in total. The van der Waals surface area contributed by atoms with Crippen molar-refractivity contribution in [1.82, 2.24) is 30.7 Å². The molecular weight excluding hydrogens is 240 g/mol. The van der Waals surface area contributed by atoms with Crippen molar-refractivity contribution in [2.24, 2.45) is 0 Å². The number of aromatic amines is 2. The van der Waals surface area contributed by atoms with Crippen LogP contribution in [0, 0.1) is 0 Å². The van der Waals surface area contributed by atoms with E-state index in [0.717, 1.165) is 29.2 Å². The second kappa shape index (κ2) is 5.45. The lowest BCUT2D eigenvalue weighted by Crippen LogP contribution is -2.13. The first-order chi connectivity index (χ1) is 9.43. The summed E-state index contributed by atoms with van der Waals surface area (Å²) in [5, 5.41) is 17.1. The molecule has 0 amide bonds. The Morgan fingerprint density at radius 3 is 2.68 bits per heavy atom. The maximum absolute atomic E-state index is 4.11. The van der Waals surface area contributed by atoms with Crippen LogP contribution in [0.2, 0.25) is 0 Å². The van der Waals surface area contributed by atoms with Gasteiger partial charge in [0.2, 0.25) is 0 Å². The third-order valence-corrected chi connectivity index (χ3v) is 2.85. The quantitative estimate of drug-likeness (QED) is 0.644. The van der Waals surface area contributed by atoms with Crippen molar-refractivity contribution < 1.29 is 0 Å². The number of nitrogens with zero attached hydrogens (tertiary/aromatic N) is 3. The number of H-pyrrole nitrogens is 2. The van der Waals surface area contributed by atoms with E-state index in [-0.39, 0.29) is 0 Å². The van der Waals surface area contributed by atoms with E-state index in [9.17, 15) is 0 Å². The molecule has 3 rings (SSSR count). The van der Waals surface area contributed by atoms with Crippen LogP contribution in [0.15, 0.2) is 42.9 Å². The fraction of sp³-hybridized carbons (Fsp3) is 0.154. The lowest BCUT2D eigenvalue weighted by molar-refractivity contribution is 0.666. The molecule has 0 unspecified atom stereocenters. The van der Waals surface area contributed by atoms with Gasteiger partial charge in [-0.3, -0.25) is 10.2 Å². The average Bonchev–Trinajstić information content (AvgIpc) is 3.11. The lowest BCUT2D eigenvalue weighted by Gasteiger charge is -2.04. The highest BCUT2D eigenvalue weighted by Crippen LogP contribution is 2.20. The van der Waals surface area contributed by atoms with Crippen molar-refractivity contribution in [3.63, 3.8) is 0 Å². The zero-order valence-electron chi connectivity index (χ0n) is 10.3. The Bertz CT molecular complexity index is 614. The molecule has 0 aliphatic heterocycles. The van der Waals surface area contributed by atoms with Gasteiger partial charge in [0.1, 0.15) is 12.2 Å². The highest BCUT2D eigenvalue weighted by Gasteiger charge is 2.06. The maximum atomic E-state index is 4.11. The van der Waals surface area contributed by atoms with E-state index in [2.05, 4.69) is 42.8 Å². The van der Waals surface area contributed by atoms with Crippen molar-refractivity contribution in [2.75, 3.05) is 0 Å². The van der Waals surface area contributed by atoms with E-state index in [1.165, 1.54) is 6.33 Å². The molecule has 2 aromatic heterocycles. The van der Waals surface area contributed by atoms with Gasteiger partial charge in [0.05, 0.1) is 18.4 Å². The minimum atomic E-state index is 0.652. The predicted molar refractivity (Wildman–Crippen MR) is 71.0 cm³/mol. The summed E-state index contributed by atoms with van der Waals surface area (Å²) in [5.74, 6) is 0.824. The van der Waals surface area contributed by atoms with Crippen molar-refractivity contribution in [3.05, 3.63) is 54.2 Å². The molecule has 0 spiro atoms. The SMILES string of the molecule is c1ccc(-c2[nH]ncc2CNCc2ncn[nH]2)cc1. The fourth-order valence-electron chi connectivity index (χ4n) is 1.93. The first kappa shape index (κ1) is 11.6. The lowest BCUT2D eigenvalue weighted by atomic mass is 10.1. The van der Waals surface area contributed by atoms with Crippen LogP contribution >= 0.6 is 0 Å². The second-order valence-corrected chi connectivity index (χ2v) is 4.17. The van der Waals surface area contributed by atoms with Crippen LogP contribution in [-0.4, -0.2) is 25.4 Å². The Labute approximate surface area is 110 Å². The Balaban J connectivity index is 1.67. The minimum absolute atomic E-state index is 0.652. The number of hydrogen-bond donors (Lipinski definition) is 3. The molecule has 0 saturated carbocycles. The molecule has 96 valence electrons.